The van der Waals surface area contributed by atoms with Crippen LogP contribution in [-0.4, -0.2) is 56.0 Å². The largest absolute Gasteiger partial charge is 0.507 e. The van der Waals surface area contributed by atoms with Gasteiger partial charge in [0.15, 0.2) is 11.5 Å². The van der Waals surface area contributed by atoms with Crippen molar-refractivity contribution in [3.8, 4) is 0 Å². The number of thioether (sulfide) groups is 1. The fourth-order valence-electron chi connectivity index (χ4n) is 5.02. The summed E-state index contributed by atoms with van der Waals surface area (Å²) in [5.41, 5.74) is 3.61. The molecule has 1 fully saturated rings. The molecule has 1 saturated heterocycles. The van der Waals surface area contributed by atoms with E-state index < -0.39 is 36.0 Å². The monoisotopic (exact) mass is 517 g/mol. The van der Waals surface area contributed by atoms with E-state index in [2.05, 4.69) is 0 Å². The number of benzene rings is 2. The molecule has 190 valence electrons. The van der Waals surface area contributed by atoms with Crippen LogP contribution in [-0.2, 0) is 17.0 Å². The van der Waals surface area contributed by atoms with E-state index in [0.29, 0.717) is 17.1 Å². The van der Waals surface area contributed by atoms with Gasteiger partial charge in [-0.2, -0.15) is 18.2 Å². The molecule has 2 aromatic rings. The SMILES string of the molecule is CCc1cccc2c1[C@@H](N1CN([C@H](C)C(F)(F)F)C(=O)C3=C(O)C(O)C=CN31)c1ccccc1SC2. The number of rotatable bonds is 3. The molecule has 0 spiro atoms. The number of nitrogens with zero attached hydrogens (tertiary/aromatic N) is 3. The molecule has 10 heteroatoms. The van der Waals surface area contributed by atoms with Crippen molar-refractivity contribution in [2.45, 2.75) is 55.3 Å². The van der Waals surface area contributed by atoms with E-state index in [0.717, 1.165) is 34.1 Å². The Bertz CT molecular complexity index is 1260. The second-order valence-corrected chi connectivity index (χ2v) is 10.0. The Hall–Kier alpha value is -2.95. The molecule has 5 rings (SSSR count). The van der Waals surface area contributed by atoms with Crippen molar-refractivity contribution in [3.05, 3.63) is 88.5 Å². The maximum Gasteiger partial charge on any atom is 0.408 e. The Morgan fingerprint density at radius 3 is 2.64 bits per heavy atom. The number of carbonyl (C=O) groups excluding carboxylic acids is 1. The van der Waals surface area contributed by atoms with Gasteiger partial charge in [-0.1, -0.05) is 43.3 Å². The Morgan fingerprint density at radius 1 is 1.17 bits per heavy atom. The van der Waals surface area contributed by atoms with E-state index >= 15 is 0 Å². The van der Waals surface area contributed by atoms with Crippen LogP contribution < -0.4 is 0 Å². The summed E-state index contributed by atoms with van der Waals surface area (Å²) in [5, 5.41) is 24.0. The average Bonchev–Trinajstić information content (AvgIpc) is 3.02. The van der Waals surface area contributed by atoms with Crippen LogP contribution in [0, 0.1) is 0 Å². The van der Waals surface area contributed by atoms with E-state index in [-0.39, 0.29) is 12.4 Å². The van der Waals surface area contributed by atoms with Crippen LogP contribution in [0.5, 0.6) is 0 Å². The van der Waals surface area contributed by atoms with Gasteiger partial charge < -0.3 is 15.1 Å². The lowest BCUT2D eigenvalue weighted by Crippen LogP contribution is -2.62. The van der Waals surface area contributed by atoms with Gasteiger partial charge in [-0.05, 0) is 47.7 Å². The second-order valence-electron chi connectivity index (χ2n) is 9.01. The summed E-state index contributed by atoms with van der Waals surface area (Å²) in [7, 11) is 0. The highest BCUT2D eigenvalue weighted by molar-refractivity contribution is 7.98. The number of fused-ring (bicyclic) bond motifs is 3. The lowest BCUT2D eigenvalue weighted by Gasteiger charge is -2.50. The summed E-state index contributed by atoms with van der Waals surface area (Å²) in [6, 6.07) is 11.1. The number of alkyl halides is 3. The molecule has 0 aromatic heterocycles. The van der Waals surface area contributed by atoms with Gasteiger partial charge >= 0.3 is 6.18 Å². The first-order valence-corrected chi connectivity index (χ1v) is 12.7. The molecule has 3 heterocycles. The maximum absolute atomic E-state index is 13.9. The fraction of sp³-hybridized carbons (Fsp3) is 0.346. The summed E-state index contributed by atoms with van der Waals surface area (Å²) >= 11 is 1.66. The van der Waals surface area contributed by atoms with E-state index in [1.54, 1.807) is 16.8 Å². The van der Waals surface area contributed by atoms with Crippen molar-refractivity contribution in [2.24, 2.45) is 0 Å². The molecule has 3 atom stereocenters. The van der Waals surface area contributed by atoms with Gasteiger partial charge in [0.2, 0.25) is 0 Å². The summed E-state index contributed by atoms with van der Waals surface area (Å²) < 4.78 is 41.6. The number of halogens is 3. The molecule has 3 aliphatic heterocycles. The first-order chi connectivity index (χ1) is 17.1. The third-order valence-corrected chi connectivity index (χ3v) is 8.11. The highest BCUT2D eigenvalue weighted by Gasteiger charge is 2.50. The molecule has 0 radical (unpaired) electrons. The molecule has 1 amide bonds. The third kappa shape index (κ3) is 3.97. The first-order valence-electron chi connectivity index (χ1n) is 11.7. The lowest BCUT2D eigenvalue weighted by molar-refractivity contribution is -0.204. The Labute approximate surface area is 211 Å². The minimum Gasteiger partial charge on any atom is -0.507 e. The Morgan fingerprint density at radius 2 is 1.92 bits per heavy atom. The van der Waals surface area contributed by atoms with E-state index in [9.17, 15) is 28.2 Å². The van der Waals surface area contributed by atoms with Gasteiger partial charge in [-0.25, -0.2) is 0 Å². The number of hydrazine groups is 1. The van der Waals surface area contributed by atoms with E-state index in [1.165, 1.54) is 17.3 Å². The zero-order valence-corrected chi connectivity index (χ0v) is 20.6. The lowest BCUT2D eigenvalue weighted by atomic mass is 9.89. The average molecular weight is 518 g/mol. The second kappa shape index (κ2) is 9.17. The maximum atomic E-state index is 13.9. The third-order valence-electron chi connectivity index (χ3n) is 6.98. The van der Waals surface area contributed by atoms with E-state index in [4.69, 9.17) is 0 Å². The molecule has 0 saturated carbocycles. The molecule has 0 bridgehead atoms. The molecular formula is C26H26F3N3O3S. The molecule has 1 unspecified atom stereocenters. The zero-order valence-electron chi connectivity index (χ0n) is 19.7. The fourth-order valence-corrected chi connectivity index (χ4v) is 6.11. The number of aliphatic hydroxyl groups excluding tert-OH is 2. The predicted octanol–water partition coefficient (Wildman–Crippen LogP) is 4.87. The van der Waals surface area contributed by atoms with E-state index in [1.807, 2.05) is 49.4 Å². The highest BCUT2D eigenvalue weighted by Crippen LogP contribution is 2.46. The van der Waals surface area contributed by atoms with Crippen LogP contribution in [0.25, 0.3) is 0 Å². The quantitative estimate of drug-likeness (QED) is 0.606. The van der Waals surface area contributed by atoms with Crippen LogP contribution in [0.3, 0.4) is 0 Å². The van der Waals surface area contributed by atoms with Crippen LogP contribution in [0.1, 0.15) is 42.1 Å². The van der Waals surface area contributed by atoms with Crippen LogP contribution in [0.4, 0.5) is 13.2 Å². The molecule has 6 nitrogen and oxygen atoms in total. The van der Waals surface area contributed by atoms with Gasteiger partial charge in [0.25, 0.3) is 5.91 Å². The van der Waals surface area contributed by atoms with Gasteiger partial charge in [0.1, 0.15) is 12.1 Å². The minimum atomic E-state index is -4.67. The number of hydrogen-bond acceptors (Lipinski definition) is 6. The van der Waals surface area contributed by atoms with Crippen molar-refractivity contribution in [2.75, 3.05) is 6.67 Å². The minimum absolute atomic E-state index is 0.363. The van der Waals surface area contributed by atoms with Crippen molar-refractivity contribution >= 4 is 17.7 Å². The van der Waals surface area contributed by atoms with Crippen LogP contribution >= 0.6 is 11.8 Å². The predicted molar refractivity (Wildman–Crippen MR) is 129 cm³/mol. The van der Waals surface area contributed by atoms with Crippen molar-refractivity contribution in [3.63, 3.8) is 0 Å². The van der Waals surface area contributed by atoms with Gasteiger partial charge in [-0.3, -0.25) is 9.80 Å². The molecule has 0 aliphatic carbocycles. The molecule has 36 heavy (non-hydrogen) atoms. The molecule has 2 N–H and O–H groups in total. The molecule has 3 aliphatic rings. The zero-order chi connectivity index (χ0) is 25.8. The van der Waals surface area contributed by atoms with Crippen molar-refractivity contribution in [1.82, 2.24) is 14.9 Å². The summed E-state index contributed by atoms with van der Waals surface area (Å²) in [6.07, 6.45) is -2.69. The standard InChI is InChI=1S/C26H26F3N3O3S/c1-3-16-7-6-8-17-13-36-20-10-5-4-9-18(20)22(21(16)17)32-14-30(15(2)26(27,28)29)25(35)23-24(34)19(33)11-12-31(23)32/h4-12,15,19,22,33-34H,3,13-14H2,1-2H3/t15-,19?,22+/m1/s1. The van der Waals surface area contributed by atoms with Gasteiger partial charge in [-0.15, -0.1) is 11.8 Å². The number of aliphatic hydroxyl groups is 2. The highest BCUT2D eigenvalue weighted by atomic mass is 32.2. The summed E-state index contributed by atoms with van der Waals surface area (Å²) in [5.74, 6) is -0.974. The Balaban J connectivity index is 1.75. The number of carbonyl (C=O) groups is 1. The topological polar surface area (TPSA) is 67.2 Å². The van der Waals surface area contributed by atoms with Gasteiger partial charge in [0.05, 0.1) is 12.7 Å². The summed E-state index contributed by atoms with van der Waals surface area (Å²) in [4.78, 5) is 15.0. The van der Waals surface area contributed by atoms with Gasteiger partial charge in [0, 0.05) is 16.8 Å². The van der Waals surface area contributed by atoms with Crippen LogP contribution in [0.2, 0.25) is 0 Å². The molecular weight excluding hydrogens is 491 g/mol. The van der Waals surface area contributed by atoms with Crippen molar-refractivity contribution in [1.29, 1.82) is 0 Å². The van der Waals surface area contributed by atoms with Crippen molar-refractivity contribution < 1.29 is 28.2 Å². The number of hydrogen-bond donors (Lipinski definition) is 2. The number of amides is 1. The summed E-state index contributed by atoms with van der Waals surface area (Å²) in [6.45, 7) is 2.60. The van der Waals surface area contributed by atoms with Crippen LogP contribution in [0.15, 0.2) is 71.1 Å². The number of aryl methyl sites for hydroxylation is 1. The Kier molecular flexibility index (Phi) is 6.30. The molecule has 2 aromatic carbocycles. The normalized spacial score (nSPS) is 23.2. The smallest absolute Gasteiger partial charge is 0.408 e. The first kappa shape index (κ1) is 24.7.